The molecule has 0 radical (unpaired) electrons. The van der Waals surface area contributed by atoms with Gasteiger partial charge in [0.2, 0.25) is 0 Å². The van der Waals surface area contributed by atoms with Crippen LogP contribution in [0.1, 0.15) is 37.7 Å². The summed E-state index contributed by atoms with van der Waals surface area (Å²) in [4.78, 5) is 25.0. The Labute approximate surface area is 200 Å². The first kappa shape index (κ1) is 24.8. The number of amides is 2. The lowest BCUT2D eigenvalue weighted by Crippen LogP contribution is -2.70. The van der Waals surface area contributed by atoms with Gasteiger partial charge in [-0.3, -0.25) is 9.59 Å². The number of carbonyl (C=O) groups excluding carboxylic acids is 2. The molecule has 2 amide bonds. The molecule has 3 aliphatic rings. The second-order valence-corrected chi connectivity index (χ2v) is 9.32. The SMILES string of the molecule is Cc1cc(OCC(=O)NC23CCC(NC(=O)COc4ccc(F)c(F)c4)(CC2)[C@@H](O)C3)ccc1F. The third-order valence-electron chi connectivity index (χ3n) is 6.87. The van der Waals surface area contributed by atoms with Gasteiger partial charge in [-0.2, -0.15) is 0 Å². The monoisotopic (exact) mass is 492 g/mol. The summed E-state index contributed by atoms with van der Waals surface area (Å²) < 4.78 is 50.4. The molecule has 3 N–H and O–H groups in total. The predicted octanol–water partition coefficient (Wildman–Crippen LogP) is 2.92. The Morgan fingerprint density at radius 1 is 0.886 bits per heavy atom. The minimum atomic E-state index is -1.08. The van der Waals surface area contributed by atoms with E-state index in [1.54, 1.807) is 6.92 Å². The second-order valence-electron chi connectivity index (χ2n) is 9.32. The van der Waals surface area contributed by atoms with Gasteiger partial charge in [0.15, 0.2) is 24.8 Å². The van der Waals surface area contributed by atoms with Crippen LogP contribution in [0.2, 0.25) is 0 Å². The maximum Gasteiger partial charge on any atom is 0.258 e. The molecule has 0 aromatic heterocycles. The minimum absolute atomic E-state index is 0.0177. The number of benzene rings is 2. The summed E-state index contributed by atoms with van der Waals surface area (Å²) in [5, 5.41) is 16.6. The molecule has 0 saturated heterocycles. The summed E-state index contributed by atoms with van der Waals surface area (Å²) in [5.41, 5.74) is -1.03. The van der Waals surface area contributed by atoms with Crippen molar-refractivity contribution in [3.8, 4) is 11.5 Å². The zero-order valence-electron chi connectivity index (χ0n) is 19.2. The van der Waals surface area contributed by atoms with Gasteiger partial charge in [0.1, 0.15) is 17.3 Å². The summed E-state index contributed by atoms with van der Waals surface area (Å²) in [5.74, 6) is -2.88. The van der Waals surface area contributed by atoms with Gasteiger partial charge in [0, 0.05) is 11.6 Å². The Morgan fingerprint density at radius 3 is 2.03 bits per heavy atom. The smallest absolute Gasteiger partial charge is 0.258 e. The van der Waals surface area contributed by atoms with Crippen molar-refractivity contribution in [3.05, 3.63) is 59.4 Å². The van der Waals surface area contributed by atoms with Crippen LogP contribution in [0.15, 0.2) is 36.4 Å². The largest absolute Gasteiger partial charge is 0.484 e. The van der Waals surface area contributed by atoms with Crippen LogP contribution in [0.3, 0.4) is 0 Å². The Bertz CT molecular complexity index is 1120. The number of ether oxygens (including phenoxy) is 2. The van der Waals surface area contributed by atoms with Crippen LogP contribution in [-0.2, 0) is 9.59 Å². The highest BCUT2D eigenvalue weighted by Gasteiger charge is 2.55. The Morgan fingerprint density at radius 2 is 1.46 bits per heavy atom. The van der Waals surface area contributed by atoms with Gasteiger partial charge in [-0.25, -0.2) is 13.2 Å². The summed E-state index contributed by atoms with van der Waals surface area (Å²) in [7, 11) is 0. The highest BCUT2D eigenvalue weighted by atomic mass is 19.2. The molecule has 5 rings (SSSR count). The fourth-order valence-electron chi connectivity index (χ4n) is 4.88. The average molecular weight is 492 g/mol. The quantitative estimate of drug-likeness (QED) is 0.527. The molecule has 0 aliphatic heterocycles. The van der Waals surface area contributed by atoms with Crippen molar-refractivity contribution in [2.45, 2.75) is 56.2 Å². The van der Waals surface area contributed by atoms with E-state index in [-0.39, 0.29) is 30.5 Å². The normalized spacial score (nSPS) is 25.1. The van der Waals surface area contributed by atoms with Crippen LogP contribution in [0, 0.1) is 24.4 Å². The molecule has 188 valence electrons. The topological polar surface area (TPSA) is 96.9 Å². The first-order valence-corrected chi connectivity index (χ1v) is 11.4. The molecule has 3 aliphatic carbocycles. The number of rotatable bonds is 8. The van der Waals surface area contributed by atoms with E-state index in [1.165, 1.54) is 24.3 Å². The van der Waals surface area contributed by atoms with Crippen molar-refractivity contribution in [2.75, 3.05) is 13.2 Å². The number of aryl methyl sites for hydroxylation is 1. The van der Waals surface area contributed by atoms with Crippen molar-refractivity contribution >= 4 is 11.8 Å². The lowest BCUT2D eigenvalue weighted by Gasteiger charge is -2.56. The first-order chi connectivity index (χ1) is 16.6. The fourth-order valence-corrected chi connectivity index (χ4v) is 4.88. The van der Waals surface area contributed by atoms with Crippen LogP contribution < -0.4 is 20.1 Å². The molecule has 3 saturated carbocycles. The second kappa shape index (κ2) is 9.77. The van der Waals surface area contributed by atoms with Crippen LogP contribution in [-0.4, -0.2) is 47.3 Å². The maximum atomic E-state index is 13.4. The van der Waals surface area contributed by atoms with Crippen molar-refractivity contribution in [2.24, 2.45) is 0 Å². The number of carbonyl (C=O) groups is 2. The van der Waals surface area contributed by atoms with Crippen LogP contribution in [0.4, 0.5) is 13.2 Å². The summed E-state index contributed by atoms with van der Waals surface area (Å²) in [6.07, 6.45) is 1.37. The fraction of sp³-hybridized carbons (Fsp3) is 0.440. The van der Waals surface area contributed by atoms with Crippen molar-refractivity contribution < 1.29 is 37.3 Å². The number of fused-ring (bicyclic) bond motifs is 3. The van der Waals surface area contributed by atoms with E-state index >= 15 is 0 Å². The van der Waals surface area contributed by atoms with E-state index in [0.29, 0.717) is 37.0 Å². The molecule has 3 fully saturated rings. The average Bonchev–Trinajstić information content (AvgIpc) is 2.82. The molecule has 0 spiro atoms. The van der Waals surface area contributed by atoms with E-state index in [1.807, 2.05) is 0 Å². The number of halogens is 3. The zero-order valence-corrected chi connectivity index (χ0v) is 19.2. The molecule has 0 unspecified atom stereocenters. The number of hydrogen-bond donors (Lipinski definition) is 3. The van der Waals surface area contributed by atoms with E-state index in [4.69, 9.17) is 9.47 Å². The maximum absolute atomic E-state index is 13.4. The van der Waals surface area contributed by atoms with Gasteiger partial charge >= 0.3 is 0 Å². The Kier molecular flexibility index (Phi) is 6.93. The molecule has 35 heavy (non-hydrogen) atoms. The van der Waals surface area contributed by atoms with Gasteiger partial charge in [0.25, 0.3) is 11.8 Å². The van der Waals surface area contributed by atoms with Gasteiger partial charge < -0.3 is 25.2 Å². The van der Waals surface area contributed by atoms with E-state index < -0.39 is 41.3 Å². The van der Waals surface area contributed by atoms with Gasteiger partial charge in [-0.1, -0.05) is 0 Å². The number of aliphatic hydroxyl groups excluding tert-OH is 1. The third-order valence-corrected chi connectivity index (χ3v) is 6.87. The predicted molar refractivity (Wildman–Crippen MR) is 119 cm³/mol. The summed E-state index contributed by atoms with van der Waals surface area (Å²) in [6.45, 7) is 0.945. The Hall–Kier alpha value is -3.27. The van der Waals surface area contributed by atoms with E-state index in [9.17, 15) is 27.9 Å². The Balaban J connectivity index is 1.28. The minimum Gasteiger partial charge on any atom is -0.484 e. The summed E-state index contributed by atoms with van der Waals surface area (Å²) in [6, 6.07) is 7.22. The standard InChI is InChI=1S/C25H27F3N2O5/c1-15-10-16(2-4-18(15)26)34-13-22(32)29-24-6-8-25(9-7-24,21(31)12-24)30-23(33)14-35-17-3-5-19(27)20(28)11-17/h2-5,10-11,21,31H,6-9,12-14H2,1H3,(H,29,32)(H,30,33)/t21-,24?,25?/m0/s1. The van der Waals surface area contributed by atoms with Crippen molar-refractivity contribution in [1.82, 2.24) is 10.6 Å². The third kappa shape index (κ3) is 5.53. The molecular formula is C25H27F3N2O5. The lowest BCUT2D eigenvalue weighted by atomic mass is 9.60. The molecule has 10 heteroatoms. The molecule has 1 atom stereocenters. The number of aliphatic hydroxyl groups is 1. The zero-order chi connectivity index (χ0) is 25.2. The lowest BCUT2D eigenvalue weighted by molar-refractivity contribution is -0.137. The molecule has 0 heterocycles. The van der Waals surface area contributed by atoms with Gasteiger partial charge in [-0.15, -0.1) is 0 Å². The molecule has 2 bridgehead atoms. The highest BCUT2D eigenvalue weighted by molar-refractivity contribution is 5.79. The molecule has 2 aromatic carbocycles. The molecular weight excluding hydrogens is 465 g/mol. The van der Waals surface area contributed by atoms with Crippen molar-refractivity contribution in [3.63, 3.8) is 0 Å². The number of hydrogen-bond acceptors (Lipinski definition) is 5. The van der Waals surface area contributed by atoms with Gasteiger partial charge in [-0.05, 0) is 74.9 Å². The van der Waals surface area contributed by atoms with Gasteiger partial charge in [0.05, 0.1) is 11.6 Å². The van der Waals surface area contributed by atoms with Crippen LogP contribution in [0.25, 0.3) is 0 Å². The van der Waals surface area contributed by atoms with E-state index in [0.717, 1.165) is 12.1 Å². The van der Waals surface area contributed by atoms with Crippen molar-refractivity contribution in [1.29, 1.82) is 0 Å². The molecule has 7 nitrogen and oxygen atoms in total. The first-order valence-electron chi connectivity index (χ1n) is 11.4. The molecule has 2 aromatic rings. The van der Waals surface area contributed by atoms with Crippen LogP contribution in [0.5, 0.6) is 11.5 Å². The number of nitrogens with one attached hydrogen (secondary N) is 2. The highest BCUT2D eigenvalue weighted by Crippen LogP contribution is 2.47. The van der Waals surface area contributed by atoms with Crippen LogP contribution >= 0.6 is 0 Å². The van der Waals surface area contributed by atoms with E-state index in [2.05, 4.69) is 10.6 Å². The summed E-state index contributed by atoms with van der Waals surface area (Å²) >= 11 is 0.